The van der Waals surface area contributed by atoms with Crippen molar-refractivity contribution >= 4 is 92.2 Å². The number of likely N-dealkylation sites (tertiary alicyclic amines) is 2. The maximum atomic E-state index is 13.6. The lowest BCUT2D eigenvalue weighted by Crippen LogP contribution is -2.52. The number of nitrogens with zero attached hydrogens (tertiary/aromatic N) is 6. The van der Waals surface area contributed by atoms with Gasteiger partial charge in [-0.2, -0.15) is 0 Å². The summed E-state index contributed by atoms with van der Waals surface area (Å²) in [5.41, 5.74) is 3.06. The second kappa shape index (κ2) is 19.9. The van der Waals surface area contributed by atoms with E-state index in [4.69, 9.17) is 51.2 Å². The van der Waals surface area contributed by atoms with Gasteiger partial charge in [-0.1, -0.05) is 69.0 Å². The highest BCUT2D eigenvalue weighted by atomic mass is 35.5. The molecule has 0 radical (unpaired) electrons. The fourth-order valence-corrected chi connectivity index (χ4v) is 8.14. The molecule has 3 heterocycles. The molecule has 4 amide bonds. The molecule has 13 nitrogen and oxygen atoms in total. The summed E-state index contributed by atoms with van der Waals surface area (Å²) >= 11 is 26.4. The van der Waals surface area contributed by atoms with Gasteiger partial charge < -0.3 is 24.9 Å². The first-order valence-corrected chi connectivity index (χ1v) is 20.0. The standard InChI is InChI=1S/C36H42Cl4N8O5S/c1-41-32(49)17-23-4-3-10-48(35(23)52)27-7-11-47(12-8-27)13-9-28(22-5-6-29(39)30(40)16-22)31(45-53-20-33(50)43-36-44-42-21-54-36)19-46(2)34(51)24-14-25(37)18-26(38)15-24/h5-6,14-16,18,21,23,27-28H,3-4,7-13,17,19-20H2,1-2H3,(H,41,49)(H,43,44,50)/b45-31+. The Morgan fingerprint density at radius 2 is 1.76 bits per heavy atom. The zero-order valence-corrected chi connectivity index (χ0v) is 33.7. The average molecular weight is 841 g/mol. The summed E-state index contributed by atoms with van der Waals surface area (Å²) in [4.78, 5) is 63.0. The number of anilines is 1. The van der Waals surface area contributed by atoms with Crippen molar-refractivity contribution in [2.75, 3.05) is 58.7 Å². The molecule has 18 heteroatoms. The molecule has 0 saturated carbocycles. The third-order valence-corrected chi connectivity index (χ3v) is 11.4. The number of piperidine rings is 2. The summed E-state index contributed by atoms with van der Waals surface area (Å²) in [5.74, 6) is -1.55. The zero-order chi connectivity index (χ0) is 38.8. The lowest BCUT2D eigenvalue weighted by molar-refractivity contribution is -0.144. The van der Waals surface area contributed by atoms with E-state index in [1.54, 1.807) is 32.3 Å². The van der Waals surface area contributed by atoms with Gasteiger partial charge in [0.2, 0.25) is 16.9 Å². The van der Waals surface area contributed by atoms with Crippen molar-refractivity contribution < 1.29 is 24.0 Å². The molecule has 2 aliphatic heterocycles. The molecule has 0 spiro atoms. The van der Waals surface area contributed by atoms with Crippen LogP contribution in [-0.4, -0.2) is 114 Å². The van der Waals surface area contributed by atoms with Crippen molar-refractivity contribution in [1.82, 2.24) is 30.2 Å². The van der Waals surface area contributed by atoms with Crippen LogP contribution < -0.4 is 10.6 Å². The monoisotopic (exact) mass is 838 g/mol. The lowest BCUT2D eigenvalue weighted by atomic mass is 9.89. The number of carbonyl (C=O) groups excluding carboxylic acids is 4. The fraction of sp³-hybridized carbons (Fsp3) is 0.472. The van der Waals surface area contributed by atoms with Crippen molar-refractivity contribution in [3.05, 3.63) is 73.1 Å². The highest BCUT2D eigenvalue weighted by molar-refractivity contribution is 7.13. The minimum atomic E-state index is -0.478. The summed E-state index contributed by atoms with van der Waals surface area (Å²) in [5, 5.41) is 19.0. The quantitative estimate of drug-likeness (QED) is 0.135. The predicted octanol–water partition coefficient (Wildman–Crippen LogP) is 6.25. The van der Waals surface area contributed by atoms with Gasteiger partial charge in [0, 0.05) is 73.6 Å². The van der Waals surface area contributed by atoms with Crippen LogP contribution in [0.1, 0.15) is 60.4 Å². The molecule has 2 atom stereocenters. The molecule has 5 rings (SSSR count). The van der Waals surface area contributed by atoms with Crippen LogP contribution in [0.4, 0.5) is 5.13 Å². The van der Waals surface area contributed by atoms with Crippen molar-refractivity contribution in [3.63, 3.8) is 0 Å². The van der Waals surface area contributed by atoms with E-state index in [1.807, 2.05) is 11.0 Å². The number of aromatic nitrogens is 2. The first-order valence-electron chi connectivity index (χ1n) is 17.6. The number of hydrogen-bond acceptors (Lipinski definition) is 10. The molecule has 0 bridgehead atoms. The van der Waals surface area contributed by atoms with E-state index in [-0.39, 0.29) is 42.6 Å². The fourth-order valence-electron chi connectivity index (χ4n) is 6.85. The van der Waals surface area contributed by atoms with Crippen molar-refractivity contribution in [3.8, 4) is 0 Å². The van der Waals surface area contributed by atoms with Crippen LogP contribution in [0.2, 0.25) is 20.1 Å². The molecular formula is C36H42Cl4N8O5S. The number of carbonyl (C=O) groups is 4. The number of hydrogen-bond donors (Lipinski definition) is 2. The lowest BCUT2D eigenvalue weighted by Gasteiger charge is -2.42. The van der Waals surface area contributed by atoms with E-state index in [1.165, 1.54) is 33.9 Å². The smallest absolute Gasteiger partial charge is 0.266 e. The number of benzene rings is 2. The van der Waals surface area contributed by atoms with Crippen molar-refractivity contribution in [1.29, 1.82) is 0 Å². The van der Waals surface area contributed by atoms with E-state index in [0.29, 0.717) is 56.0 Å². The molecule has 2 saturated heterocycles. The van der Waals surface area contributed by atoms with E-state index in [0.717, 1.165) is 44.3 Å². The Balaban J connectivity index is 1.33. The van der Waals surface area contributed by atoms with E-state index in [9.17, 15) is 19.2 Å². The van der Waals surface area contributed by atoms with E-state index >= 15 is 0 Å². The maximum absolute atomic E-state index is 13.6. The van der Waals surface area contributed by atoms with Gasteiger partial charge in [-0.25, -0.2) is 0 Å². The normalized spacial score (nSPS) is 17.6. The van der Waals surface area contributed by atoms with E-state index in [2.05, 4.69) is 30.9 Å². The maximum Gasteiger partial charge on any atom is 0.266 e. The van der Waals surface area contributed by atoms with Crippen LogP contribution in [0.25, 0.3) is 0 Å². The topological polar surface area (TPSA) is 149 Å². The number of oxime groups is 1. The second-order valence-electron chi connectivity index (χ2n) is 13.3. The molecule has 2 fully saturated rings. The molecule has 1 aromatic heterocycles. The Morgan fingerprint density at radius 3 is 2.43 bits per heavy atom. The molecule has 2 aromatic carbocycles. The number of halogens is 4. The Labute approximate surface area is 338 Å². The summed E-state index contributed by atoms with van der Waals surface area (Å²) in [6.07, 6.45) is 4.01. The molecule has 0 aliphatic carbocycles. The van der Waals surface area contributed by atoms with Gasteiger partial charge in [0.25, 0.3) is 11.8 Å². The van der Waals surface area contributed by atoms with Crippen LogP contribution in [0.5, 0.6) is 0 Å². The van der Waals surface area contributed by atoms with E-state index < -0.39 is 18.4 Å². The van der Waals surface area contributed by atoms with Crippen molar-refractivity contribution in [2.45, 2.75) is 50.5 Å². The van der Waals surface area contributed by atoms with Gasteiger partial charge in [-0.05, 0) is 74.5 Å². The average Bonchev–Trinajstić information content (AvgIpc) is 3.66. The van der Waals surface area contributed by atoms with Crippen LogP contribution in [0.3, 0.4) is 0 Å². The van der Waals surface area contributed by atoms with Gasteiger partial charge in [-0.3, -0.25) is 24.5 Å². The molecular weight excluding hydrogens is 798 g/mol. The zero-order valence-electron chi connectivity index (χ0n) is 29.9. The SMILES string of the molecule is CNC(=O)CC1CCCN(C2CCN(CCC(/C(CN(C)C(=O)c3cc(Cl)cc(Cl)c3)=N/OCC(=O)Nc3nncs3)c3ccc(Cl)c(Cl)c3)CC2)C1=O. The third kappa shape index (κ3) is 11.5. The number of rotatable bonds is 15. The summed E-state index contributed by atoms with van der Waals surface area (Å²) in [6, 6.07) is 10.1. The Morgan fingerprint density at radius 1 is 1.02 bits per heavy atom. The molecule has 2 N–H and O–H groups in total. The minimum absolute atomic E-state index is 0.0300. The Kier molecular flexibility index (Phi) is 15.3. The highest BCUT2D eigenvalue weighted by Crippen LogP contribution is 2.32. The molecule has 3 aromatic rings. The van der Waals surface area contributed by atoms with Crippen LogP contribution >= 0.6 is 57.7 Å². The van der Waals surface area contributed by atoms with Gasteiger partial charge in [0.05, 0.1) is 22.3 Å². The second-order valence-corrected chi connectivity index (χ2v) is 15.8. The highest BCUT2D eigenvalue weighted by Gasteiger charge is 2.36. The summed E-state index contributed by atoms with van der Waals surface area (Å²) in [7, 11) is 3.22. The molecule has 54 heavy (non-hydrogen) atoms. The molecule has 290 valence electrons. The molecule has 2 aliphatic rings. The predicted molar refractivity (Wildman–Crippen MR) is 212 cm³/mol. The van der Waals surface area contributed by atoms with Crippen molar-refractivity contribution in [2.24, 2.45) is 11.1 Å². The van der Waals surface area contributed by atoms with Crippen LogP contribution in [0.15, 0.2) is 47.1 Å². The molecule has 2 unspecified atom stereocenters. The Hall–Kier alpha value is -3.53. The summed E-state index contributed by atoms with van der Waals surface area (Å²) in [6.45, 7) is 2.52. The number of nitrogens with one attached hydrogen (secondary N) is 2. The minimum Gasteiger partial charge on any atom is -0.386 e. The number of amides is 4. The third-order valence-electron chi connectivity index (χ3n) is 9.61. The Bertz CT molecular complexity index is 1810. The van der Waals surface area contributed by atoms with Crippen LogP contribution in [-0.2, 0) is 19.2 Å². The van der Waals surface area contributed by atoms with Gasteiger partial charge in [0.15, 0.2) is 6.61 Å². The first kappa shape index (κ1) is 41.6. The first-order chi connectivity index (χ1) is 25.9. The van der Waals surface area contributed by atoms with Crippen LogP contribution in [0, 0.1) is 5.92 Å². The van der Waals surface area contributed by atoms with Gasteiger partial charge in [-0.15, -0.1) is 10.2 Å². The largest absolute Gasteiger partial charge is 0.386 e. The summed E-state index contributed by atoms with van der Waals surface area (Å²) < 4.78 is 0. The van der Waals surface area contributed by atoms with Gasteiger partial charge in [0.1, 0.15) is 5.51 Å². The van der Waals surface area contributed by atoms with Gasteiger partial charge >= 0.3 is 0 Å².